The highest BCUT2D eigenvalue weighted by molar-refractivity contribution is 6.33. The molecule has 2 aliphatic carbocycles. The number of rotatable bonds is 10. The van der Waals surface area contributed by atoms with Gasteiger partial charge in [-0.1, -0.05) is 47.6 Å². The van der Waals surface area contributed by atoms with Crippen LogP contribution in [0.4, 0.5) is 0 Å². The monoisotopic (exact) mass is 690 g/mol. The summed E-state index contributed by atoms with van der Waals surface area (Å²) in [6.07, 6.45) is 13.5. The second-order valence-corrected chi connectivity index (χ2v) is 14.2. The van der Waals surface area contributed by atoms with E-state index in [1.807, 2.05) is 32.2 Å². The summed E-state index contributed by atoms with van der Waals surface area (Å²) in [4.78, 5) is 44.9. The first-order valence-electron chi connectivity index (χ1n) is 18.9. The number of aromatic amines is 2. The minimum atomic E-state index is -0.618. The highest BCUT2D eigenvalue weighted by atomic mass is 16.5. The van der Waals surface area contributed by atoms with Gasteiger partial charge in [-0.25, -0.2) is 9.59 Å². The molecule has 0 radical (unpaired) electrons. The van der Waals surface area contributed by atoms with E-state index in [1.165, 1.54) is 16.7 Å². The molecule has 270 valence electrons. The number of ether oxygens (including phenoxy) is 2. The van der Waals surface area contributed by atoms with Crippen molar-refractivity contribution in [3.8, 4) is 0 Å². The van der Waals surface area contributed by atoms with Crippen molar-refractivity contribution in [2.75, 3.05) is 13.2 Å². The van der Waals surface area contributed by atoms with E-state index in [2.05, 4.69) is 84.4 Å². The van der Waals surface area contributed by atoms with Crippen molar-refractivity contribution in [1.29, 1.82) is 0 Å². The number of aromatic nitrogens is 2. The van der Waals surface area contributed by atoms with Gasteiger partial charge in [0.15, 0.2) is 0 Å². The van der Waals surface area contributed by atoms with Crippen molar-refractivity contribution >= 4 is 47.2 Å². The Labute approximate surface area is 302 Å². The lowest BCUT2D eigenvalue weighted by atomic mass is 9.68. The number of H-pyrrole nitrogens is 2. The molecule has 8 nitrogen and oxygen atoms in total. The molecule has 2 aromatic rings. The summed E-state index contributed by atoms with van der Waals surface area (Å²) < 4.78 is 11.3. The largest absolute Gasteiger partial charge is 0.463 e. The number of hydrogen-bond acceptors (Lipinski definition) is 6. The smallest absolute Gasteiger partial charge is 0.335 e. The molecule has 51 heavy (non-hydrogen) atoms. The molecule has 4 aliphatic rings. The van der Waals surface area contributed by atoms with Crippen LogP contribution in [0.15, 0.2) is 44.7 Å². The average Bonchev–Trinajstić information content (AvgIpc) is 3.93. The zero-order valence-electron chi connectivity index (χ0n) is 32.3. The number of esters is 2. The molecule has 2 N–H and O–H groups in total. The Morgan fingerprint density at radius 2 is 1.45 bits per heavy atom. The standard InChI is InChI=1S/C43H54N4O4/c1-12-27-24(9)37(45-33(27)14-3)30-20-32(41(49)51-18-7)43(16-5)26(11)34(47-39(30)43)21-35-28(13-2)25(10)36(46-35)29-19-31(40(48)50-17-6)42(15-4)23(8)22-44-38(29)42/h14,19-23,26,45-46H,12-13,15-18H2,1-11H3/b33-14-,34-21-,37-30-. The maximum atomic E-state index is 13.7. The summed E-state index contributed by atoms with van der Waals surface area (Å²) in [5.74, 6) is -0.571. The van der Waals surface area contributed by atoms with Crippen LogP contribution in [-0.4, -0.2) is 47.0 Å². The first kappa shape index (κ1) is 36.3. The lowest BCUT2D eigenvalue weighted by molar-refractivity contribution is -0.140. The molecule has 0 saturated heterocycles. The summed E-state index contributed by atoms with van der Waals surface area (Å²) in [6, 6.07) is 0. The van der Waals surface area contributed by atoms with E-state index in [4.69, 9.17) is 19.5 Å². The van der Waals surface area contributed by atoms with E-state index in [1.54, 1.807) is 0 Å². The molecule has 0 spiro atoms. The predicted molar refractivity (Wildman–Crippen MR) is 207 cm³/mol. The fraction of sp³-hybridized carbons (Fsp3) is 0.488. The van der Waals surface area contributed by atoms with Gasteiger partial charge in [0.25, 0.3) is 0 Å². The fourth-order valence-electron chi connectivity index (χ4n) is 9.52. The van der Waals surface area contributed by atoms with Crippen LogP contribution in [0.3, 0.4) is 0 Å². The molecule has 2 aromatic heterocycles. The van der Waals surface area contributed by atoms with Crippen LogP contribution in [0.25, 0.3) is 23.3 Å². The normalized spacial score (nSPS) is 27.3. The van der Waals surface area contributed by atoms with Gasteiger partial charge >= 0.3 is 11.9 Å². The Morgan fingerprint density at radius 1 is 0.843 bits per heavy atom. The maximum absolute atomic E-state index is 13.7. The lowest BCUT2D eigenvalue weighted by Crippen LogP contribution is -2.36. The molecule has 0 amide bonds. The lowest BCUT2D eigenvalue weighted by Gasteiger charge is -2.32. The SMILES string of the molecule is C/C=c1\[nH]/c(=C2/C=C(C(=O)OCC)C3(CC)C2=N/C(=C\c2[nH]c(C4=C5N=CC(C)C5(CC)C(C(=O)OCC)=C4)c(C)c2CC)C3C)c(C)c1CC. The number of allylic oxidation sites excluding steroid dienone is 5. The number of fused-ring (bicyclic) bond motifs is 2. The quantitative estimate of drug-likeness (QED) is 0.253. The minimum Gasteiger partial charge on any atom is -0.463 e. The average molecular weight is 691 g/mol. The summed E-state index contributed by atoms with van der Waals surface area (Å²) in [5.41, 5.74) is 11.7. The first-order valence-corrected chi connectivity index (χ1v) is 18.9. The van der Waals surface area contributed by atoms with Gasteiger partial charge in [0.2, 0.25) is 0 Å². The molecule has 2 aliphatic heterocycles. The Bertz CT molecular complexity index is 2130. The third-order valence-corrected chi connectivity index (χ3v) is 12.3. The van der Waals surface area contributed by atoms with Gasteiger partial charge in [0, 0.05) is 45.9 Å². The van der Waals surface area contributed by atoms with Crippen LogP contribution >= 0.6 is 0 Å². The number of aliphatic imine (C=N–C) groups is 2. The molecule has 4 heterocycles. The van der Waals surface area contributed by atoms with Crippen LogP contribution in [0.1, 0.15) is 109 Å². The number of carbonyl (C=O) groups excluding carboxylic acids is 2. The van der Waals surface area contributed by atoms with Crippen LogP contribution in [0.2, 0.25) is 0 Å². The van der Waals surface area contributed by atoms with Crippen molar-refractivity contribution in [3.63, 3.8) is 0 Å². The van der Waals surface area contributed by atoms with Gasteiger partial charge in [0.05, 0.1) is 57.6 Å². The maximum Gasteiger partial charge on any atom is 0.335 e. The highest BCUT2D eigenvalue weighted by Gasteiger charge is 2.56. The molecule has 8 heteroatoms. The predicted octanol–water partition coefficient (Wildman–Crippen LogP) is 7.40. The van der Waals surface area contributed by atoms with Crippen molar-refractivity contribution in [3.05, 3.63) is 79.0 Å². The van der Waals surface area contributed by atoms with Crippen molar-refractivity contribution in [1.82, 2.24) is 9.97 Å². The van der Waals surface area contributed by atoms with Gasteiger partial charge in [0.1, 0.15) is 0 Å². The van der Waals surface area contributed by atoms with Gasteiger partial charge in [-0.2, -0.15) is 0 Å². The Morgan fingerprint density at radius 3 is 2.00 bits per heavy atom. The number of carbonyl (C=O) groups is 2. The van der Waals surface area contributed by atoms with Crippen LogP contribution < -0.4 is 10.7 Å². The van der Waals surface area contributed by atoms with Crippen molar-refractivity contribution in [2.45, 2.75) is 102 Å². The van der Waals surface area contributed by atoms with E-state index in [9.17, 15) is 9.59 Å². The van der Waals surface area contributed by atoms with E-state index < -0.39 is 10.8 Å². The number of nitrogens with zero attached hydrogens (tertiary/aromatic N) is 2. The molecule has 0 bridgehead atoms. The minimum absolute atomic E-state index is 0.0723. The highest BCUT2D eigenvalue weighted by Crippen LogP contribution is 2.58. The van der Waals surface area contributed by atoms with Gasteiger partial charge in [-0.15, -0.1) is 0 Å². The first-order chi connectivity index (χ1) is 24.4. The third-order valence-electron chi connectivity index (χ3n) is 12.3. The third kappa shape index (κ3) is 5.07. The van der Waals surface area contributed by atoms with E-state index in [0.29, 0.717) is 30.8 Å². The van der Waals surface area contributed by atoms with Crippen LogP contribution in [-0.2, 0) is 31.9 Å². The molecule has 4 unspecified atom stereocenters. The summed E-state index contributed by atoms with van der Waals surface area (Å²) in [5, 5.41) is 2.12. The topological polar surface area (TPSA) is 109 Å². The van der Waals surface area contributed by atoms with Crippen molar-refractivity contribution in [2.24, 2.45) is 32.7 Å². The van der Waals surface area contributed by atoms with E-state index in [0.717, 1.165) is 75.2 Å². The van der Waals surface area contributed by atoms with Crippen molar-refractivity contribution < 1.29 is 19.1 Å². The molecular weight excluding hydrogens is 636 g/mol. The Hall–Kier alpha value is -4.46. The van der Waals surface area contributed by atoms with Crippen LogP contribution in [0, 0.1) is 36.5 Å². The number of nitrogens with one attached hydrogen (secondary N) is 2. The summed E-state index contributed by atoms with van der Waals surface area (Å²) in [6.45, 7) is 23.6. The molecule has 4 atom stereocenters. The van der Waals surface area contributed by atoms with Gasteiger partial charge in [-0.05, 0) is 101 Å². The van der Waals surface area contributed by atoms with E-state index >= 15 is 0 Å². The molecule has 0 saturated carbocycles. The second-order valence-electron chi connectivity index (χ2n) is 14.2. The zero-order chi connectivity index (χ0) is 37.0. The van der Waals surface area contributed by atoms with Crippen LogP contribution in [0.5, 0.6) is 0 Å². The molecule has 0 fully saturated rings. The zero-order valence-corrected chi connectivity index (χ0v) is 32.3. The molecule has 0 aromatic carbocycles. The summed E-state index contributed by atoms with van der Waals surface area (Å²) in [7, 11) is 0. The van der Waals surface area contributed by atoms with Gasteiger partial charge in [-0.3, -0.25) is 9.98 Å². The van der Waals surface area contributed by atoms with E-state index in [-0.39, 0.29) is 23.8 Å². The molecular formula is C43H54N4O4. The molecule has 6 rings (SSSR count). The summed E-state index contributed by atoms with van der Waals surface area (Å²) >= 11 is 0. The van der Waals surface area contributed by atoms with Gasteiger partial charge < -0.3 is 19.4 Å². The fourth-order valence-corrected chi connectivity index (χ4v) is 9.52. The Kier molecular flexibility index (Phi) is 9.68. The number of hydrogen-bond donors (Lipinski definition) is 2. The second kappa shape index (κ2) is 13.6. The Balaban J connectivity index is 1.56.